The molecule has 6 atom stereocenters. The normalized spacial score (nSPS) is 15.0. The van der Waals surface area contributed by atoms with Gasteiger partial charge in [-0.25, -0.2) is 0 Å². The number of amides is 7. The van der Waals surface area contributed by atoms with Crippen LogP contribution in [-0.4, -0.2) is 90.7 Å². The number of primary amides is 1. The Balaban J connectivity index is 4.87. The molecule has 12 N–H and O–H groups in total. The van der Waals surface area contributed by atoms with E-state index >= 15 is 0 Å². The highest BCUT2D eigenvalue weighted by molar-refractivity contribution is 5.96. The molecule has 0 spiro atoms. The molecule has 0 aliphatic heterocycles. The third-order valence-corrected chi connectivity index (χ3v) is 6.26. The van der Waals surface area contributed by atoms with E-state index in [0.717, 1.165) is 0 Å². The van der Waals surface area contributed by atoms with Crippen LogP contribution in [-0.2, 0) is 33.6 Å². The summed E-state index contributed by atoms with van der Waals surface area (Å²) in [6, 6.07) is -5.97. The van der Waals surface area contributed by atoms with E-state index < -0.39 is 77.6 Å². The zero-order chi connectivity index (χ0) is 32.4. The average Bonchev–Trinajstić information content (AvgIpc) is 2.91. The zero-order valence-electron chi connectivity index (χ0n) is 25.2. The highest BCUT2D eigenvalue weighted by Gasteiger charge is 2.28. The number of nitrogens with two attached hydrogens (primary N) is 3. The number of carbonyl (C=O) groups is 7. The summed E-state index contributed by atoms with van der Waals surface area (Å²) in [7, 11) is 0. The molecule has 0 saturated heterocycles. The maximum Gasteiger partial charge on any atom is 0.243 e. The van der Waals surface area contributed by atoms with Crippen molar-refractivity contribution in [1.82, 2.24) is 31.9 Å². The van der Waals surface area contributed by atoms with E-state index in [-0.39, 0.29) is 0 Å². The number of hydrogen-bond donors (Lipinski definition) is 9. The average molecular weight is 600 g/mol. The second kappa shape index (κ2) is 20.1. The Morgan fingerprint density at radius 3 is 1.17 bits per heavy atom. The van der Waals surface area contributed by atoms with E-state index in [2.05, 4.69) is 31.9 Å². The van der Waals surface area contributed by atoms with Crippen molar-refractivity contribution in [3.8, 4) is 0 Å². The van der Waals surface area contributed by atoms with Gasteiger partial charge in [-0.2, -0.15) is 0 Å². The summed E-state index contributed by atoms with van der Waals surface area (Å²) in [6.45, 7) is 7.77. The third kappa shape index (κ3) is 15.3. The first-order valence-corrected chi connectivity index (χ1v) is 14.1. The maximum absolute atomic E-state index is 12.6. The molecule has 0 aromatic carbocycles. The van der Waals surface area contributed by atoms with Crippen LogP contribution in [0, 0.1) is 0 Å². The Morgan fingerprint density at radius 2 is 0.833 bits per heavy atom. The van der Waals surface area contributed by atoms with Crippen molar-refractivity contribution in [3.63, 3.8) is 0 Å². The fourth-order valence-electron chi connectivity index (χ4n) is 3.67. The van der Waals surface area contributed by atoms with Gasteiger partial charge < -0.3 is 49.1 Å². The van der Waals surface area contributed by atoms with Crippen LogP contribution in [0.2, 0.25) is 0 Å². The second-order valence-corrected chi connectivity index (χ2v) is 10.2. The molecule has 0 unspecified atom stereocenters. The highest BCUT2D eigenvalue weighted by atomic mass is 16.2. The number of carbonyl (C=O) groups excluding carboxylic acids is 7. The van der Waals surface area contributed by atoms with E-state index in [0.29, 0.717) is 51.6 Å². The van der Waals surface area contributed by atoms with E-state index in [9.17, 15) is 33.6 Å². The minimum absolute atomic E-state index is 0.308. The van der Waals surface area contributed by atoms with Gasteiger partial charge in [-0.3, -0.25) is 33.6 Å². The molecular formula is C26H49N9O7. The van der Waals surface area contributed by atoms with Gasteiger partial charge in [0, 0.05) is 6.92 Å². The minimum atomic E-state index is -1.08. The first-order chi connectivity index (χ1) is 19.6. The largest absolute Gasteiger partial charge is 0.368 e. The van der Waals surface area contributed by atoms with Crippen molar-refractivity contribution in [2.45, 2.75) is 109 Å². The van der Waals surface area contributed by atoms with Gasteiger partial charge >= 0.3 is 0 Å². The van der Waals surface area contributed by atoms with Crippen LogP contribution in [0.5, 0.6) is 0 Å². The lowest BCUT2D eigenvalue weighted by Gasteiger charge is -2.23. The zero-order valence-corrected chi connectivity index (χ0v) is 25.2. The van der Waals surface area contributed by atoms with E-state index in [4.69, 9.17) is 17.2 Å². The molecule has 0 bridgehead atoms. The number of rotatable bonds is 20. The van der Waals surface area contributed by atoms with Crippen LogP contribution in [0.3, 0.4) is 0 Å². The van der Waals surface area contributed by atoms with Crippen LogP contribution in [0.4, 0.5) is 0 Å². The Labute approximate surface area is 246 Å². The molecule has 0 saturated carbocycles. The highest BCUT2D eigenvalue weighted by Crippen LogP contribution is 2.03. The molecule has 0 fully saturated rings. The van der Waals surface area contributed by atoms with Crippen molar-refractivity contribution in [3.05, 3.63) is 0 Å². The van der Waals surface area contributed by atoms with Crippen LogP contribution >= 0.6 is 0 Å². The molecule has 240 valence electrons. The van der Waals surface area contributed by atoms with E-state index in [1.807, 2.05) is 0 Å². The second-order valence-electron chi connectivity index (χ2n) is 10.2. The van der Waals surface area contributed by atoms with Crippen LogP contribution in [0.25, 0.3) is 0 Å². The predicted octanol–water partition coefficient (Wildman–Crippen LogP) is -3.26. The van der Waals surface area contributed by atoms with Gasteiger partial charge in [-0.1, -0.05) is 0 Å². The summed E-state index contributed by atoms with van der Waals surface area (Å²) < 4.78 is 0. The molecule has 0 aromatic heterocycles. The topological polar surface area (TPSA) is 270 Å². The quantitative estimate of drug-likeness (QED) is 0.0634. The van der Waals surface area contributed by atoms with Crippen LogP contribution < -0.4 is 49.1 Å². The van der Waals surface area contributed by atoms with Gasteiger partial charge in [0.1, 0.15) is 36.3 Å². The fourth-order valence-corrected chi connectivity index (χ4v) is 3.67. The summed E-state index contributed by atoms with van der Waals surface area (Å²) in [5.41, 5.74) is 16.3. The summed E-state index contributed by atoms with van der Waals surface area (Å²) >= 11 is 0. The summed E-state index contributed by atoms with van der Waals surface area (Å²) in [5, 5.41) is 14.9. The standard InChI is InChI=1S/C26H49N9O7/c1-14(31-24(40)16(3)33-26(42)20(34-18(5)36)11-7-9-13-28)22(38)30-15(2)23(39)32-17(4)25(41)35-19(21(29)37)10-6-8-12-27/h14-17,19-20H,6-13,27-28H2,1-5H3,(H2,29,37)(H,30,38)(H,31,40)(H,32,39)(H,33,42)(H,34,36)(H,35,41)/t14-,15-,16-,17-,19-,20-/m0/s1. The first kappa shape index (κ1) is 38.2. The lowest BCUT2D eigenvalue weighted by Crippen LogP contribution is -2.57. The summed E-state index contributed by atoms with van der Waals surface area (Å²) in [6.07, 6.45) is 3.16. The molecule has 0 aliphatic carbocycles. The number of hydrogen-bond acceptors (Lipinski definition) is 9. The SMILES string of the molecule is CC(=O)N[C@@H](CCCCN)C(=O)N[C@@H](C)C(=O)N[C@@H](C)C(=O)N[C@@H](C)C(=O)N[C@@H](C)C(=O)N[C@@H](CCCCN)C(N)=O. The Bertz CT molecular complexity index is 947. The van der Waals surface area contributed by atoms with E-state index in [1.54, 1.807) is 0 Å². The van der Waals surface area contributed by atoms with Gasteiger partial charge in [0.2, 0.25) is 41.4 Å². The van der Waals surface area contributed by atoms with Crippen molar-refractivity contribution in [2.75, 3.05) is 13.1 Å². The Hall–Kier alpha value is -3.79. The van der Waals surface area contributed by atoms with Crippen LogP contribution in [0.1, 0.15) is 73.1 Å². The lowest BCUT2D eigenvalue weighted by atomic mass is 10.1. The molecule has 7 amide bonds. The van der Waals surface area contributed by atoms with Crippen molar-refractivity contribution in [2.24, 2.45) is 17.2 Å². The van der Waals surface area contributed by atoms with Crippen LogP contribution in [0.15, 0.2) is 0 Å². The monoisotopic (exact) mass is 599 g/mol. The summed E-state index contributed by atoms with van der Waals surface area (Å²) in [5.74, 6) is -4.31. The van der Waals surface area contributed by atoms with Gasteiger partial charge in [-0.15, -0.1) is 0 Å². The molecule has 0 heterocycles. The number of nitrogens with one attached hydrogen (secondary N) is 6. The van der Waals surface area contributed by atoms with Crippen molar-refractivity contribution >= 4 is 41.4 Å². The first-order valence-electron chi connectivity index (χ1n) is 14.1. The van der Waals surface area contributed by atoms with Gasteiger partial charge in [0.05, 0.1) is 0 Å². The van der Waals surface area contributed by atoms with E-state index in [1.165, 1.54) is 34.6 Å². The molecule has 16 heteroatoms. The van der Waals surface area contributed by atoms with Gasteiger partial charge in [0.25, 0.3) is 0 Å². The Morgan fingerprint density at radius 1 is 0.500 bits per heavy atom. The molecule has 42 heavy (non-hydrogen) atoms. The molecular weight excluding hydrogens is 550 g/mol. The minimum Gasteiger partial charge on any atom is -0.368 e. The smallest absolute Gasteiger partial charge is 0.243 e. The summed E-state index contributed by atoms with van der Waals surface area (Å²) in [4.78, 5) is 85.9. The van der Waals surface area contributed by atoms with Crippen molar-refractivity contribution in [1.29, 1.82) is 0 Å². The Kier molecular flexibility index (Phi) is 18.3. The number of unbranched alkanes of at least 4 members (excludes halogenated alkanes) is 2. The van der Waals surface area contributed by atoms with Crippen molar-refractivity contribution < 1.29 is 33.6 Å². The fraction of sp³-hybridized carbons (Fsp3) is 0.731. The molecule has 16 nitrogen and oxygen atoms in total. The molecule has 0 rings (SSSR count). The predicted molar refractivity (Wildman–Crippen MR) is 155 cm³/mol. The van der Waals surface area contributed by atoms with Gasteiger partial charge in [-0.05, 0) is 79.3 Å². The maximum atomic E-state index is 12.6. The third-order valence-electron chi connectivity index (χ3n) is 6.26. The molecule has 0 radical (unpaired) electrons. The lowest BCUT2D eigenvalue weighted by molar-refractivity contribution is -0.134. The van der Waals surface area contributed by atoms with Gasteiger partial charge in [0.15, 0.2) is 0 Å². The molecule has 0 aromatic rings. The molecule has 0 aliphatic rings.